The molecule has 122 valence electrons. The Labute approximate surface area is 148 Å². The van der Waals surface area contributed by atoms with Gasteiger partial charge in [0.05, 0.1) is 11.9 Å². The third kappa shape index (κ3) is 3.72. The van der Waals surface area contributed by atoms with Gasteiger partial charge in [-0.2, -0.15) is 0 Å². The fourth-order valence-electron chi connectivity index (χ4n) is 2.13. The van der Waals surface area contributed by atoms with E-state index in [1.165, 1.54) is 0 Å². The Morgan fingerprint density at radius 2 is 1.88 bits per heavy atom. The van der Waals surface area contributed by atoms with Gasteiger partial charge >= 0.3 is 6.03 Å². The molecule has 24 heavy (non-hydrogen) atoms. The van der Waals surface area contributed by atoms with Crippen molar-refractivity contribution in [2.45, 2.75) is 6.92 Å². The monoisotopic (exact) mass is 361 g/mol. The Bertz CT molecular complexity index is 896. The number of amides is 2. The van der Waals surface area contributed by atoms with Crippen LogP contribution in [0.1, 0.15) is 6.92 Å². The number of halogens is 2. The van der Waals surface area contributed by atoms with E-state index in [4.69, 9.17) is 23.2 Å². The van der Waals surface area contributed by atoms with Crippen LogP contribution in [0, 0.1) is 0 Å². The molecule has 3 rings (SSSR count). The van der Waals surface area contributed by atoms with Gasteiger partial charge in [-0.3, -0.25) is 10.3 Å². The molecule has 0 radical (unpaired) electrons. The minimum Gasteiger partial charge on any atom is -0.338 e. The van der Waals surface area contributed by atoms with Crippen LogP contribution in [0.5, 0.6) is 0 Å². The minimum absolute atomic E-state index is 0.324. The maximum absolute atomic E-state index is 11.6. The zero-order chi connectivity index (χ0) is 17.1. The average molecular weight is 362 g/mol. The van der Waals surface area contributed by atoms with Crippen molar-refractivity contribution in [2.24, 2.45) is 0 Å². The lowest BCUT2D eigenvalue weighted by atomic mass is 10.1. The summed E-state index contributed by atoms with van der Waals surface area (Å²) in [6.07, 6.45) is 1.63. The quantitative estimate of drug-likeness (QED) is 0.734. The Hall–Kier alpha value is -2.44. The van der Waals surface area contributed by atoms with Gasteiger partial charge in [0.2, 0.25) is 0 Å². The number of hydrogen-bond acceptors (Lipinski definition) is 4. The molecule has 0 saturated heterocycles. The molecule has 2 heterocycles. The first-order valence-electron chi connectivity index (χ1n) is 7.20. The number of aromatic nitrogens is 3. The fraction of sp³-hybridized carbons (Fsp3) is 0.125. The molecule has 2 aromatic heterocycles. The van der Waals surface area contributed by atoms with E-state index in [-0.39, 0.29) is 6.03 Å². The molecule has 0 fully saturated rings. The highest BCUT2D eigenvalue weighted by Gasteiger charge is 2.08. The summed E-state index contributed by atoms with van der Waals surface area (Å²) >= 11 is 12.1. The van der Waals surface area contributed by atoms with E-state index in [0.29, 0.717) is 39.3 Å². The molecule has 2 amide bonds. The lowest BCUT2D eigenvalue weighted by molar-refractivity contribution is 0.252. The number of pyridine rings is 1. The summed E-state index contributed by atoms with van der Waals surface area (Å²) in [6.45, 7) is 2.36. The number of anilines is 1. The number of carbonyl (C=O) groups is 1. The fourth-order valence-corrected chi connectivity index (χ4v) is 2.66. The Morgan fingerprint density at radius 1 is 1.12 bits per heavy atom. The van der Waals surface area contributed by atoms with Crippen LogP contribution in [0.25, 0.3) is 22.4 Å². The summed E-state index contributed by atoms with van der Waals surface area (Å²) in [5.74, 6) is 0.393. The maximum Gasteiger partial charge on any atom is 0.320 e. The molecule has 1 aromatic carbocycles. The topological polar surface area (TPSA) is 79.8 Å². The van der Waals surface area contributed by atoms with E-state index in [1.54, 1.807) is 36.5 Å². The van der Waals surface area contributed by atoms with Gasteiger partial charge in [-0.1, -0.05) is 23.2 Å². The van der Waals surface area contributed by atoms with Crippen molar-refractivity contribution >= 4 is 46.2 Å². The highest BCUT2D eigenvalue weighted by atomic mass is 35.5. The van der Waals surface area contributed by atoms with E-state index in [1.807, 2.05) is 6.92 Å². The number of benzene rings is 1. The summed E-state index contributed by atoms with van der Waals surface area (Å²) < 4.78 is 0. The first-order valence-corrected chi connectivity index (χ1v) is 7.96. The zero-order valence-corrected chi connectivity index (χ0v) is 14.2. The number of carbonyl (C=O) groups excluding carboxylic acids is 1. The lowest BCUT2D eigenvalue weighted by Gasteiger charge is -2.07. The summed E-state index contributed by atoms with van der Waals surface area (Å²) in [4.78, 5) is 24.7. The van der Waals surface area contributed by atoms with E-state index in [0.717, 1.165) is 5.56 Å². The lowest BCUT2D eigenvalue weighted by Crippen LogP contribution is -2.28. The number of fused-ring (bicyclic) bond motifs is 1. The number of rotatable bonds is 3. The van der Waals surface area contributed by atoms with Crippen molar-refractivity contribution in [3.63, 3.8) is 0 Å². The molecule has 0 spiro atoms. The van der Waals surface area contributed by atoms with Crippen molar-refractivity contribution in [3.05, 3.63) is 46.6 Å². The van der Waals surface area contributed by atoms with E-state index in [2.05, 4.69) is 25.6 Å². The SMILES string of the molecule is CCNC(=O)Nc1ccc2ncc(-c3cc(Cl)cc(Cl)c3)nc2n1. The van der Waals surface area contributed by atoms with Gasteiger partial charge in [0.15, 0.2) is 5.65 Å². The molecule has 0 atom stereocenters. The standard InChI is InChI=1S/C16H13Cl2N5O/c1-2-19-16(24)23-14-4-3-12-15(22-14)21-13(8-20-12)9-5-10(17)7-11(18)6-9/h3-8H,2H2,1H3,(H2,19,21,22,23,24). The van der Waals surface area contributed by atoms with Crippen molar-refractivity contribution in [3.8, 4) is 11.3 Å². The first kappa shape index (κ1) is 16.4. The summed E-state index contributed by atoms with van der Waals surface area (Å²) in [6, 6.07) is 8.23. The number of urea groups is 1. The van der Waals surface area contributed by atoms with Crippen molar-refractivity contribution < 1.29 is 4.79 Å². The van der Waals surface area contributed by atoms with Crippen molar-refractivity contribution in [2.75, 3.05) is 11.9 Å². The molecular weight excluding hydrogens is 349 g/mol. The van der Waals surface area contributed by atoms with Gasteiger partial charge in [-0.15, -0.1) is 0 Å². The van der Waals surface area contributed by atoms with Crippen molar-refractivity contribution in [1.29, 1.82) is 0 Å². The second-order valence-electron chi connectivity index (χ2n) is 4.94. The van der Waals surface area contributed by atoms with E-state index < -0.39 is 0 Å². The minimum atomic E-state index is -0.324. The molecule has 3 aromatic rings. The molecule has 0 bridgehead atoms. The normalized spacial score (nSPS) is 10.6. The Kier molecular flexibility index (Phi) is 4.78. The smallest absolute Gasteiger partial charge is 0.320 e. The van der Waals surface area contributed by atoms with Gasteiger partial charge in [0.25, 0.3) is 0 Å². The number of nitrogens with zero attached hydrogens (tertiary/aromatic N) is 3. The van der Waals surface area contributed by atoms with E-state index in [9.17, 15) is 4.79 Å². The van der Waals surface area contributed by atoms with Crippen LogP contribution < -0.4 is 10.6 Å². The number of nitrogens with one attached hydrogen (secondary N) is 2. The summed E-state index contributed by atoms with van der Waals surface area (Å²) in [5, 5.41) is 6.30. The molecule has 0 aliphatic carbocycles. The zero-order valence-electron chi connectivity index (χ0n) is 12.7. The first-order chi connectivity index (χ1) is 11.5. The van der Waals surface area contributed by atoms with Gasteiger partial charge in [0.1, 0.15) is 11.3 Å². The van der Waals surface area contributed by atoms with Gasteiger partial charge in [-0.05, 0) is 37.3 Å². The second kappa shape index (κ2) is 6.98. The van der Waals surface area contributed by atoms with Gasteiger partial charge in [-0.25, -0.2) is 14.8 Å². The average Bonchev–Trinajstić information content (AvgIpc) is 2.53. The Balaban J connectivity index is 1.98. The van der Waals surface area contributed by atoms with Crippen LogP contribution in [0.2, 0.25) is 10.0 Å². The molecule has 0 saturated carbocycles. The van der Waals surface area contributed by atoms with Crippen molar-refractivity contribution in [1.82, 2.24) is 20.3 Å². The molecule has 8 heteroatoms. The molecule has 2 N–H and O–H groups in total. The van der Waals surface area contributed by atoms with Crippen LogP contribution in [-0.4, -0.2) is 27.5 Å². The van der Waals surface area contributed by atoms with E-state index >= 15 is 0 Å². The third-order valence-corrected chi connectivity index (χ3v) is 3.58. The molecular formula is C16H13Cl2N5O. The van der Waals surface area contributed by atoms with Crippen LogP contribution in [0.15, 0.2) is 36.5 Å². The number of hydrogen-bond donors (Lipinski definition) is 2. The summed E-state index contributed by atoms with van der Waals surface area (Å²) in [7, 11) is 0. The van der Waals surface area contributed by atoms with Crippen LogP contribution >= 0.6 is 23.2 Å². The molecule has 0 aliphatic heterocycles. The highest BCUT2D eigenvalue weighted by Crippen LogP contribution is 2.26. The predicted octanol–water partition coefficient (Wildman–Crippen LogP) is 4.14. The largest absolute Gasteiger partial charge is 0.338 e. The van der Waals surface area contributed by atoms with Gasteiger partial charge < -0.3 is 5.32 Å². The second-order valence-corrected chi connectivity index (χ2v) is 5.81. The van der Waals surface area contributed by atoms with Crippen LogP contribution in [0.3, 0.4) is 0 Å². The van der Waals surface area contributed by atoms with Crippen LogP contribution in [0.4, 0.5) is 10.6 Å². The van der Waals surface area contributed by atoms with Gasteiger partial charge in [0, 0.05) is 22.2 Å². The molecule has 0 unspecified atom stereocenters. The molecule has 0 aliphatic rings. The highest BCUT2D eigenvalue weighted by molar-refractivity contribution is 6.35. The third-order valence-electron chi connectivity index (χ3n) is 3.14. The Morgan fingerprint density at radius 3 is 2.58 bits per heavy atom. The van der Waals surface area contributed by atoms with Crippen LogP contribution in [-0.2, 0) is 0 Å². The predicted molar refractivity (Wildman–Crippen MR) is 95.5 cm³/mol. The summed E-state index contributed by atoms with van der Waals surface area (Å²) in [5.41, 5.74) is 2.37. The molecule has 6 nitrogen and oxygen atoms in total. The maximum atomic E-state index is 11.6.